The summed E-state index contributed by atoms with van der Waals surface area (Å²) < 4.78 is 0.830. The van der Waals surface area contributed by atoms with Crippen LogP contribution in [0, 0.1) is 5.92 Å². The molecule has 0 saturated heterocycles. The zero-order valence-corrected chi connectivity index (χ0v) is 14.3. The highest BCUT2D eigenvalue weighted by Gasteiger charge is 2.27. The van der Waals surface area contributed by atoms with E-state index in [1.165, 1.54) is 0 Å². The number of halogens is 1. The van der Waals surface area contributed by atoms with Crippen molar-refractivity contribution in [1.29, 1.82) is 0 Å². The molecule has 0 aromatic heterocycles. The predicted octanol–water partition coefficient (Wildman–Crippen LogP) is 3.57. The van der Waals surface area contributed by atoms with E-state index >= 15 is 0 Å². The molecule has 23 heavy (non-hydrogen) atoms. The lowest BCUT2D eigenvalue weighted by atomic mass is 9.85. The highest BCUT2D eigenvalue weighted by atomic mass is 79.9. The number of hydrogen-bond donors (Lipinski definition) is 1. The van der Waals surface area contributed by atoms with E-state index in [9.17, 15) is 9.59 Å². The van der Waals surface area contributed by atoms with E-state index in [-0.39, 0.29) is 17.7 Å². The molecular weight excluding hydrogens is 356 g/mol. The summed E-state index contributed by atoms with van der Waals surface area (Å²) in [5.41, 5.74) is 3.58. The summed E-state index contributed by atoms with van der Waals surface area (Å²) in [4.78, 5) is 28.3. The number of rotatable bonds is 1. The van der Waals surface area contributed by atoms with Crippen LogP contribution in [0.5, 0.6) is 0 Å². The number of nitrogens with one attached hydrogen (secondary N) is 1. The van der Waals surface area contributed by atoms with Gasteiger partial charge < -0.3 is 5.32 Å². The summed E-state index contributed by atoms with van der Waals surface area (Å²) >= 11 is 3.34. The van der Waals surface area contributed by atoms with Crippen molar-refractivity contribution in [2.24, 2.45) is 10.9 Å². The molecule has 4 nitrogen and oxygen atoms in total. The van der Waals surface area contributed by atoms with E-state index in [0.717, 1.165) is 21.3 Å². The van der Waals surface area contributed by atoms with Crippen molar-refractivity contribution < 1.29 is 9.59 Å². The zero-order chi connectivity index (χ0) is 16.6. The molecule has 1 N–H and O–H groups in total. The molecule has 0 saturated carbocycles. The maximum atomic E-state index is 12.2. The van der Waals surface area contributed by atoms with Crippen LogP contribution >= 0.6 is 15.9 Å². The first-order valence-electron chi connectivity index (χ1n) is 7.23. The van der Waals surface area contributed by atoms with Crippen LogP contribution in [-0.2, 0) is 4.79 Å². The number of nitrogens with zero attached hydrogens (tertiary/aromatic N) is 1. The third kappa shape index (κ3) is 3.10. The number of carbonyl (C=O) groups is 2. The van der Waals surface area contributed by atoms with Crippen LogP contribution in [0.15, 0.2) is 68.8 Å². The molecule has 0 spiro atoms. The van der Waals surface area contributed by atoms with Gasteiger partial charge in [-0.25, -0.2) is 4.99 Å². The van der Waals surface area contributed by atoms with E-state index in [1.807, 2.05) is 32.1 Å². The molecule has 2 amide bonds. The van der Waals surface area contributed by atoms with Crippen molar-refractivity contribution in [2.75, 3.05) is 0 Å². The first-order valence-corrected chi connectivity index (χ1v) is 8.02. The Hall–Kier alpha value is -2.27. The molecule has 0 fully saturated rings. The lowest BCUT2D eigenvalue weighted by molar-refractivity contribution is -0.117. The second-order valence-electron chi connectivity index (χ2n) is 5.55. The van der Waals surface area contributed by atoms with E-state index in [1.54, 1.807) is 24.3 Å². The molecule has 0 radical (unpaired) electrons. The van der Waals surface area contributed by atoms with Crippen molar-refractivity contribution >= 4 is 33.5 Å². The molecule has 3 rings (SSSR count). The molecule has 1 unspecified atom stereocenters. The Morgan fingerprint density at radius 1 is 1.30 bits per heavy atom. The number of benzene rings is 1. The fourth-order valence-corrected chi connectivity index (χ4v) is 3.00. The summed E-state index contributed by atoms with van der Waals surface area (Å²) in [5, 5.41) is 2.86. The maximum Gasteiger partial charge on any atom is 0.277 e. The van der Waals surface area contributed by atoms with Gasteiger partial charge in [0.2, 0.25) is 0 Å². The van der Waals surface area contributed by atoms with Crippen LogP contribution in [0.4, 0.5) is 0 Å². The lowest BCUT2D eigenvalue weighted by Crippen LogP contribution is -2.35. The summed E-state index contributed by atoms with van der Waals surface area (Å²) in [7, 11) is 0. The standard InChI is InChI=1S/C18H15BrN2O2/c1-10-11(2)17(22)21-16-9-14(6-7-15(10)16)20-18(23)12-4-3-5-13(19)8-12/h3-9,15H,1-2H3,(H,21,22). The molecule has 1 atom stereocenters. The van der Waals surface area contributed by atoms with Crippen molar-refractivity contribution in [3.8, 4) is 0 Å². The fourth-order valence-electron chi connectivity index (χ4n) is 2.60. The topological polar surface area (TPSA) is 58.5 Å². The molecular formula is C18H15BrN2O2. The molecule has 1 aliphatic carbocycles. The zero-order valence-electron chi connectivity index (χ0n) is 12.8. The summed E-state index contributed by atoms with van der Waals surface area (Å²) in [6.45, 7) is 3.77. The van der Waals surface area contributed by atoms with E-state index in [0.29, 0.717) is 11.3 Å². The van der Waals surface area contributed by atoms with Gasteiger partial charge in [-0.3, -0.25) is 9.59 Å². The second-order valence-corrected chi connectivity index (χ2v) is 6.47. The molecule has 1 aromatic carbocycles. The maximum absolute atomic E-state index is 12.2. The number of allylic oxidation sites excluding steroid dienone is 3. The van der Waals surface area contributed by atoms with Crippen LogP contribution in [0.3, 0.4) is 0 Å². The average molecular weight is 371 g/mol. The highest BCUT2D eigenvalue weighted by Crippen LogP contribution is 2.29. The molecule has 2 aliphatic rings. The van der Waals surface area contributed by atoms with Gasteiger partial charge in [-0.05, 0) is 44.2 Å². The number of hydrogen-bond acceptors (Lipinski definition) is 2. The Balaban J connectivity index is 1.90. The van der Waals surface area contributed by atoms with E-state index in [4.69, 9.17) is 0 Å². The van der Waals surface area contributed by atoms with Crippen molar-refractivity contribution in [2.45, 2.75) is 13.8 Å². The van der Waals surface area contributed by atoms with E-state index in [2.05, 4.69) is 26.2 Å². The Labute approximate surface area is 142 Å². The van der Waals surface area contributed by atoms with Gasteiger partial charge in [-0.15, -0.1) is 0 Å². The monoisotopic (exact) mass is 370 g/mol. The van der Waals surface area contributed by atoms with Crippen LogP contribution in [0.2, 0.25) is 0 Å². The SMILES string of the molecule is CC1=C(C)C2C=CC(=NC(=O)c3cccc(Br)c3)C=C2NC1=O. The van der Waals surface area contributed by atoms with Gasteiger partial charge in [0.15, 0.2) is 0 Å². The predicted molar refractivity (Wildman–Crippen MR) is 93.1 cm³/mol. The van der Waals surface area contributed by atoms with Gasteiger partial charge in [0.05, 0.1) is 5.71 Å². The summed E-state index contributed by atoms with van der Waals surface area (Å²) in [6, 6.07) is 7.10. The van der Waals surface area contributed by atoms with Gasteiger partial charge in [0.25, 0.3) is 11.8 Å². The van der Waals surface area contributed by atoms with Crippen LogP contribution in [0.1, 0.15) is 24.2 Å². The lowest BCUT2D eigenvalue weighted by Gasteiger charge is -2.28. The molecule has 5 heteroatoms. The van der Waals surface area contributed by atoms with Crippen LogP contribution in [-0.4, -0.2) is 17.5 Å². The number of aliphatic imine (C=N–C) groups is 1. The minimum Gasteiger partial charge on any atom is -0.325 e. The third-order valence-corrected chi connectivity index (χ3v) is 4.55. The highest BCUT2D eigenvalue weighted by molar-refractivity contribution is 9.10. The quantitative estimate of drug-likeness (QED) is 0.821. The van der Waals surface area contributed by atoms with Gasteiger partial charge >= 0.3 is 0 Å². The summed E-state index contributed by atoms with van der Waals surface area (Å²) in [5.74, 6) is -0.364. The van der Waals surface area contributed by atoms with Gasteiger partial charge in [0.1, 0.15) is 0 Å². The average Bonchev–Trinajstić information content (AvgIpc) is 2.52. The summed E-state index contributed by atoms with van der Waals surface area (Å²) in [6.07, 6.45) is 5.54. The van der Waals surface area contributed by atoms with Gasteiger partial charge in [-0.1, -0.05) is 33.6 Å². The number of fused-ring (bicyclic) bond motifs is 1. The Morgan fingerprint density at radius 2 is 2.09 bits per heavy atom. The Morgan fingerprint density at radius 3 is 2.83 bits per heavy atom. The van der Waals surface area contributed by atoms with Crippen molar-refractivity contribution in [3.05, 3.63) is 69.4 Å². The largest absolute Gasteiger partial charge is 0.325 e. The Kier molecular flexibility index (Phi) is 4.13. The second kappa shape index (κ2) is 6.08. The number of amides is 2. The molecule has 116 valence electrons. The van der Waals surface area contributed by atoms with Crippen molar-refractivity contribution in [3.63, 3.8) is 0 Å². The smallest absolute Gasteiger partial charge is 0.277 e. The minimum absolute atomic E-state index is 0.0487. The van der Waals surface area contributed by atoms with Crippen molar-refractivity contribution in [1.82, 2.24) is 5.32 Å². The van der Waals surface area contributed by atoms with E-state index < -0.39 is 0 Å². The molecule has 0 bridgehead atoms. The molecule has 1 heterocycles. The first-order chi connectivity index (χ1) is 11.0. The Bertz CT molecular complexity index is 831. The minimum atomic E-state index is -0.313. The normalized spacial score (nSPS) is 21.9. The van der Waals surface area contributed by atoms with Gasteiger partial charge in [-0.2, -0.15) is 0 Å². The van der Waals surface area contributed by atoms with Gasteiger partial charge in [0, 0.05) is 27.2 Å². The fraction of sp³-hybridized carbons (Fsp3) is 0.167. The third-order valence-electron chi connectivity index (χ3n) is 4.06. The van der Waals surface area contributed by atoms with Crippen LogP contribution < -0.4 is 5.32 Å². The molecule has 1 aliphatic heterocycles. The molecule has 1 aromatic rings. The van der Waals surface area contributed by atoms with Crippen LogP contribution in [0.25, 0.3) is 0 Å². The number of carbonyl (C=O) groups excluding carboxylic acids is 2. The first kappa shape index (κ1) is 15.6.